The van der Waals surface area contributed by atoms with Crippen LogP contribution in [-0.4, -0.2) is 21.6 Å². The quantitative estimate of drug-likeness (QED) is 0.761. The number of hydrogen-bond donors (Lipinski definition) is 2. The van der Waals surface area contributed by atoms with Gasteiger partial charge in [0.2, 0.25) is 11.8 Å². The molecule has 2 aliphatic rings. The summed E-state index contributed by atoms with van der Waals surface area (Å²) in [6, 6.07) is 3.60. The molecule has 144 valence electrons. The molecule has 0 unspecified atom stereocenters. The van der Waals surface area contributed by atoms with Crippen LogP contribution >= 0.6 is 11.8 Å². The summed E-state index contributed by atoms with van der Waals surface area (Å²) in [4.78, 5) is 24.8. The second-order valence-corrected chi connectivity index (χ2v) is 8.17. The van der Waals surface area contributed by atoms with Crippen molar-refractivity contribution in [2.75, 3.05) is 5.32 Å². The maximum absolute atomic E-state index is 12.5. The van der Waals surface area contributed by atoms with E-state index in [1.54, 1.807) is 28.8 Å². The standard InChI is InChI=1S/C19H24N4O3S/c24-17(8-13-4-1-2-5-13)21-19-15-11-27-12-16(15)22-23(19)10-18(25)20-9-14-6-3-7-26-14/h3,6-7,13H,1-2,4-5,8-12H2,(H,20,25)(H,21,24). The van der Waals surface area contributed by atoms with Crippen molar-refractivity contribution in [3.8, 4) is 0 Å². The van der Waals surface area contributed by atoms with E-state index in [1.807, 2.05) is 6.07 Å². The molecule has 27 heavy (non-hydrogen) atoms. The molecule has 2 aromatic heterocycles. The topological polar surface area (TPSA) is 89.2 Å². The van der Waals surface area contributed by atoms with Crippen LogP contribution in [0.2, 0.25) is 0 Å². The first-order chi connectivity index (χ1) is 13.2. The van der Waals surface area contributed by atoms with Crippen LogP contribution in [0.5, 0.6) is 0 Å². The van der Waals surface area contributed by atoms with Gasteiger partial charge in [0.1, 0.15) is 18.1 Å². The summed E-state index contributed by atoms with van der Waals surface area (Å²) in [5.41, 5.74) is 2.02. The Hall–Kier alpha value is -2.22. The first kappa shape index (κ1) is 18.2. The lowest BCUT2D eigenvalue weighted by Gasteiger charge is -2.13. The van der Waals surface area contributed by atoms with Crippen LogP contribution in [0, 0.1) is 5.92 Å². The van der Waals surface area contributed by atoms with E-state index in [0.717, 1.165) is 35.6 Å². The Morgan fingerprint density at radius 1 is 1.26 bits per heavy atom. The lowest BCUT2D eigenvalue weighted by Crippen LogP contribution is -2.29. The van der Waals surface area contributed by atoms with E-state index in [9.17, 15) is 9.59 Å². The van der Waals surface area contributed by atoms with E-state index in [4.69, 9.17) is 4.42 Å². The number of hydrogen-bond acceptors (Lipinski definition) is 5. The minimum atomic E-state index is -0.161. The summed E-state index contributed by atoms with van der Waals surface area (Å²) in [7, 11) is 0. The van der Waals surface area contributed by atoms with E-state index < -0.39 is 0 Å². The van der Waals surface area contributed by atoms with Gasteiger partial charge in [0.15, 0.2) is 0 Å². The average Bonchev–Trinajstić information content (AvgIpc) is 3.40. The maximum Gasteiger partial charge on any atom is 0.242 e. The van der Waals surface area contributed by atoms with E-state index >= 15 is 0 Å². The number of nitrogens with one attached hydrogen (secondary N) is 2. The van der Waals surface area contributed by atoms with Gasteiger partial charge < -0.3 is 15.1 Å². The Bertz CT molecular complexity index is 809. The molecule has 7 nitrogen and oxygen atoms in total. The second-order valence-electron chi connectivity index (χ2n) is 7.18. The molecule has 3 heterocycles. The van der Waals surface area contributed by atoms with E-state index in [0.29, 0.717) is 30.5 Å². The van der Waals surface area contributed by atoms with Crippen molar-refractivity contribution in [3.63, 3.8) is 0 Å². The summed E-state index contributed by atoms with van der Waals surface area (Å²) >= 11 is 1.78. The van der Waals surface area contributed by atoms with Gasteiger partial charge in [-0.2, -0.15) is 16.9 Å². The van der Waals surface area contributed by atoms with Gasteiger partial charge in [-0.05, 0) is 30.9 Å². The summed E-state index contributed by atoms with van der Waals surface area (Å²) < 4.78 is 6.86. The third-order valence-corrected chi connectivity index (χ3v) is 6.13. The fourth-order valence-electron chi connectivity index (χ4n) is 3.77. The van der Waals surface area contributed by atoms with Crippen molar-refractivity contribution in [2.24, 2.45) is 5.92 Å². The van der Waals surface area contributed by atoms with Crippen molar-refractivity contribution in [3.05, 3.63) is 35.4 Å². The average molecular weight is 388 g/mol. The monoisotopic (exact) mass is 388 g/mol. The lowest BCUT2D eigenvalue weighted by molar-refractivity contribution is -0.122. The van der Waals surface area contributed by atoms with Gasteiger partial charge in [-0.25, -0.2) is 4.68 Å². The van der Waals surface area contributed by atoms with Gasteiger partial charge in [-0.3, -0.25) is 9.59 Å². The molecule has 0 saturated heterocycles. The van der Waals surface area contributed by atoms with E-state index in [1.165, 1.54) is 12.8 Å². The molecule has 1 fully saturated rings. The van der Waals surface area contributed by atoms with Gasteiger partial charge >= 0.3 is 0 Å². The molecule has 0 radical (unpaired) electrons. The number of amides is 2. The number of aromatic nitrogens is 2. The fraction of sp³-hybridized carbons (Fsp3) is 0.526. The van der Waals surface area contributed by atoms with Crippen LogP contribution in [-0.2, 0) is 34.2 Å². The van der Waals surface area contributed by atoms with Gasteiger partial charge in [0, 0.05) is 23.5 Å². The molecular weight excluding hydrogens is 364 g/mol. The Balaban J connectivity index is 1.41. The molecule has 0 atom stereocenters. The van der Waals surface area contributed by atoms with Crippen LogP contribution < -0.4 is 10.6 Å². The number of anilines is 1. The van der Waals surface area contributed by atoms with Crippen molar-refractivity contribution < 1.29 is 14.0 Å². The predicted molar refractivity (Wildman–Crippen MR) is 103 cm³/mol. The van der Waals surface area contributed by atoms with Crippen LogP contribution in [0.4, 0.5) is 5.82 Å². The highest BCUT2D eigenvalue weighted by Gasteiger charge is 2.26. The van der Waals surface area contributed by atoms with Gasteiger partial charge in [0.25, 0.3) is 0 Å². The minimum absolute atomic E-state index is 0.0266. The summed E-state index contributed by atoms with van der Waals surface area (Å²) in [6.45, 7) is 0.420. The number of rotatable bonds is 7. The maximum atomic E-state index is 12.5. The van der Waals surface area contributed by atoms with Gasteiger partial charge in [-0.1, -0.05) is 12.8 Å². The molecule has 1 aliphatic carbocycles. The molecule has 2 amide bonds. The molecule has 2 N–H and O–H groups in total. The van der Waals surface area contributed by atoms with E-state index in [2.05, 4.69) is 15.7 Å². The summed E-state index contributed by atoms with van der Waals surface area (Å²) in [5.74, 6) is 3.38. The number of fused-ring (bicyclic) bond motifs is 1. The predicted octanol–water partition coefficient (Wildman–Crippen LogP) is 3.06. The Labute approximate surface area is 162 Å². The van der Waals surface area contributed by atoms with E-state index in [-0.39, 0.29) is 18.4 Å². The van der Waals surface area contributed by atoms with Gasteiger partial charge in [0.05, 0.1) is 18.5 Å². The Morgan fingerprint density at radius 3 is 2.89 bits per heavy atom. The smallest absolute Gasteiger partial charge is 0.242 e. The molecule has 4 rings (SSSR count). The van der Waals surface area contributed by atoms with Crippen LogP contribution in [0.15, 0.2) is 22.8 Å². The van der Waals surface area contributed by atoms with Crippen molar-refractivity contribution in [1.82, 2.24) is 15.1 Å². The molecule has 8 heteroatoms. The van der Waals surface area contributed by atoms with Crippen LogP contribution in [0.3, 0.4) is 0 Å². The lowest BCUT2D eigenvalue weighted by atomic mass is 10.0. The van der Waals surface area contributed by atoms with Crippen molar-refractivity contribution in [1.29, 1.82) is 0 Å². The van der Waals surface area contributed by atoms with Crippen molar-refractivity contribution >= 4 is 29.4 Å². The molecule has 0 bridgehead atoms. The number of carbonyl (C=O) groups is 2. The number of furan rings is 1. The molecule has 1 aliphatic heterocycles. The molecule has 2 aromatic rings. The van der Waals surface area contributed by atoms with Gasteiger partial charge in [-0.15, -0.1) is 0 Å². The summed E-state index contributed by atoms with van der Waals surface area (Å²) in [6.07, 6.45) is 6.84. The second kappa shape index (κ2) is 8.21. The van der Waals surface area contributed by atoms with Crippen LogP contribution in [0.25, 0.3) is 0 Å². The zero-order chi connectivity index (χ0) is 18.6. The minimum Gasteiger partial charge on any atom is -0.467 e. The first-order valence-corrected chi connectivity index (χ1v) is 10.6. The molecular formula is C19H24N4O3S. The fourth-order valence-corrected chi connectivity index (χ4v) is 4.81. The Morgan fingerprint density at radius 2 is 2.11 bits per heavy atom. The Kier molecular flexibility index (Phi) is 5.52. The number of carbonyl (C=O) groups excluding carboxylic acids is 2. The highest BCUT2D eigenvalue weighted by Crippen LogP contribution is 2.35. The largest absolute Gasteiger partial charge is 0.467 e. The van der Waals surface area contributed by atoms with Crippen molar-refractivity contribution in [2.45, 2.75) is 56.7 Å². The molecule has 1 saturated carbocycles. The van der Waals surface area contributed by atoms with Crippen LogP contribution in [0.1, 0.15) is 49.1 Å². The number of nitrogens with zero attached hydrogens (tertiary/aromatic N) is 2. The zero-order valence-electron chi connectivity index (χ0n) is 15.2. The zero-order valence-corrected chi connectivity index (χ0v) is 16.0. The molecule has 0 spiro atoms. The third kappa shape index (κ3) is 4.37. The normalized spacial score (nSPS) is 16.4. The number of thioether (sulfide) groups is 1. The summed E-state index contributed by atoms with van der Waals surface area (Å²) in [5, 5.41) is 10.4. The highest BCUT2D eigenvalue weighted by molar-refractivity contribution is 7.98. The third-order valence-electron chi connectivity index (χ3n) is 5.16. The SMILES string of the molecule is O=C(Cn1nc2c(c1NC(=O)CC1CCCC1)CSC2)NCc1ccco1. The molecule has 0 aromatic carbocycles. The highest BCUT2D eigenvalue weighted by atomic mass is 32.2. The first-order valence-electron chi connectivity index (χ1n) is 9.44.